The number of aldehydes is 1. The number of carbonyl (C=O) groups excluding carboxylic acids is 1. The molecule has 0 N–H and O–H groups in total. The summed E-state index contributed by atoms with van der Waals surface area (Å²) in [5.74, 6) is 0.528. The molecule has 0 saturated heterocycles. The lowest BCUT2D eigenvalue weighted by atomic mass is 9.68. The van der Waals surface area contributed by atoms with E-state index in [0.29, 0.717) is 5.92 Å². The van der Waals surface area contributed by atoms with Crippen molar-refractivity contribution in [2.45, 2.75) is 46.0 Å². The SMILES string of the molecule is CC(C)C1(C=O)CCCCC1. The summed E-state index contributed by atoms with van der Waals surface area (Å²) in [6.07, 6.45) is 7.26. The van der Waals surface area contributed by atoms with Crippen LogP contribution in [0.15, 0.2) is 0 Å². The van der Waals surface area contributed by atoms with E-state index in [1.165, 1.54) is 25.5 Å². The first kappa shape index (κ1) is 8.76. The molecule has 1 aliphatic carbocycles. The van der Waals surface area contributed by atoms with Crippen LogP contribution in [0.25, 0.3) is 0 Å². The van der Waals surface area contributed by atoms with Crippen LogP contribution in [0.5, 0.6) is 0 Å². The molecule has 0 unspecified atom stereocenters. The smallest absolute Gasteiger partial charge is 0.126 e. The molecular weight excluding hydrogens is 136 g/mol. The Bertz CT molecular complexity index is 132. The molecule has 1 rings (SSSR count). The lowest BCUT2D eigenvalue weighted by Crippen LogP contribution is -2.31. The Balaban J connectivity index is 2.64. The molecule has 0 aliphatic heterocycles. The van der Waals surface area contributed by atoms with Crippen molar-refractivity contribution in [1.29, 1.82) is 0 Å². The van der Waals surface area contributed by atoms with Crippen molar-refractivity contribution >= 4 is 6.29 Å². The minimum atomic E-state index is 0.0399. The molecule has 0 aromatic heterocycles. The van der Waals surface area contributed by atoms with Gasteiger partial charge in [0.1, 0.15) is 6.29 Å². The van der Waals surface area contributed by atoms with Crippen LogP contribution in [0, 0.1) is 11.3 Å². The minimum Gasteiger partial charge on any atom is -0.303 e. The first-order valence-electron chi connectivity index (χ1n) is 4.67. The second kappa shape index (κ2) is 3.38. The summed E-state index contributed by atoms with van der Waals surface area (Å²) in [6.45, 7) is 4.33. The van der Waals surface area contributed by atoms with E-state index in [2.05, 4.69) is 13.8 Å². The van der Waals surface area contributed by atoms with Crippen LogP contribution in [0.4, 0.5) is 0 Å². The van der Waals surface area contributed by atoms with Crippen molar-refractivity contribution in [3.8, 4) is 0 Å². The zero-order valence-electron chi connectivity index (χ0n) is 7.60. The van der Waals surface area contributed by atoms with Gasteiger partial charge in [-0.2, -0.15) is 0 Å². The fourth-order valence-electron chi connectivity index (χ4n) is 2.04. The van der Waals surface area contributed by atoms with Crippen molar-refractivity contribution in [2.75, 3.05) is 0 Å². The minimum absolute atomic E-state index is 0.0399. The van der Waals surface area contributed by atoms with Gasteiger partial charge in [0.05, 0.1) is 0 Å². The summed E-state index contributed by atoms with van der Waals surface area (Å²) < 4.78 is 0. The third-order valence-electron chi connectivity index (χ3n) is 3.17. The molecule has 64 valence electrons. The van der Waals surface area contributed by atoms with Crippen LogP contribution >= 0.6 is 0 Å². The lowest BCUT2D eigenvalue weighted by Gasteiger charge is -2.35. The molecule has 1 fully saturated rings. The molecule has 1 heteroatoms. The molecule has 0 bridgehead atoms. The van der Waals surface area contributed by atoms with E-state index in [-0.39, 0.29) is 5.41 Å². The predicted octanol–water partition coefficient (Wildman–Crippen LogP) is 2.79. The molecule has 0 radical (unpaired) electrons. The Morgan fingerprint density at radius 1 is 1.18 bits per heavy atom. The second-order valence-corrected chi connectivity index (χ2v) is 4.07. The molecular formula is C10H18O. The molecule has 1 aliphatic rings. The van der Waals surface area contributed by atoms with Gasteiger partial charge in [-0.1, -0.05) is 33.1 Å². The third kappa shape index (κ3) is 1.63. The lowest BCUT2D eigenvalue weighted by molar-refractivity contribution is -0.120. The Hall–Kier alpha value is -0.330. The van der Waals surface area contributed by atoms with Gasteiger partial charge in [-0.05, 0) is 18.8 Å². The maximum Gasteiger partial charge on any atom is 0.126 e. The average molecular weight is 154 g/mol. The summed E-state index contributed by atoms with van der Waals surface area (Å²) in [4.78, 5) is 10.9. The fourth-order valence-corrected chi connectivity index (χ4v) is 2.04. The standard InChI is InChI=1S/C10H18O/c1-9(2)10(8-11)6-4-3-5-7-10/h8-9H,3-7H2,1-2H3. The average Bonchev–Trinajstić information content (AvgIpc) is 2.05. The van der Waals surface area contributed by atoms with E-state index in [1.54, 1.807) is 0 Å². The zero-order valence-corrected chi connectivity index (χ0v) is 7.60. The largest absolute Gasteiger partial charge is 0.303 e. The maximum atomic E-state index is 10.9. The topological polar surface area (TPSA) is 17.1 Å². The highest BCUT2D eigenvalue weighted by molar-refractivity contribution is 5.59. The van der Waals surface area contributed by atoms with Gasteiger partial charge in [-0.25, -0.2) is 0 Å². The highest BCUT2D eigenvalue weighted by Gasteiger charge is 2.34. The van der Waals surface area contributed by atoms with Gasteiger partial charge in [0.25, 0.3) is 0 Å². The highest BCUT2D eigenvalue weighted by Crippen LogP contribution is 2.40. The predicted molar refractivity (Wildman–Crippen MR) is 46.4 cm³/mol. The summed E-state index contributed by atoms with van der Waals surface area (Å²) in [6, 6.07) is 0. The van der Waals surface area contributed by atoms with Crippen molar-refractivity contribution in [3.63, 3.8) is 0 Å². The molecule has 0 aromatic carbocycles. The molecule has 1 nitrogen and oxygen atoms in total. The number of carbonyl (C=O) groups is 1. The number of hydrogen-bond donors (Lipinski definition) is 0. The van der Waals surface area contributed by atoms with Crippen LogP contribution in [-0.2, 0) is 4.79 Å². The number of rotatable bonds is 2. The quantitative estimate of drug-likeness (QED) is 0.559. The van der Waals surface area contributed by atoms with E-state index in [0.717, 1.165) is 12.8 Å². The molecule has 1 saturated carbocycles. The van der Waals surface area contributed by atoms with Crippen molar-refractivity contribution < 1.29 is 4.79 Å². The second-order valence-electron chi connectivity index (χ2n) is 4.07. The Labute approximate surface area is 69.2 Å². The molecule has 0 aromatic rings. The van der Waals surface area contributed by atoms with Crippen LogP contribution in [0.1, 0.15) is 46.0 Å². The molecule has 0 heterocycles. The van der Waals surface area contributed by atoms with Crippen molar-refractivity contribution in [3.05, 3.63) is 0 Å². The van der Waals surface area contributed by atoms with Crippen LogP contribution in [0.3, 0.4) is 0 Å². The van der Waals surface area contributed by atoms with E-state index < -0.39 is 0 Å². The van der Waals surface area contributed by atoms with Crippen molar-refractivity contribution in [2.24, 2.45) is 11.3 Å². The van der Waals surface area contributed by atoms with Crippen molar-refractivity contribution in [1.82, 2.24) is 0 Å². The fraction of sp³-hybridized carbons (Fsp3) is 0.900. The van der Waals surface area contributed by atoms with Crippen LogP contribution in [-0.4, -0.2) is 6.29 Å². The summed E-state index contributed by atoms with van der Waals surface area (Å²) in [5.41, 5.74) is 0.0399. The van der Waals surface area contributed by atoms with E-state index in [9.17, 15) is 4.79 Å². The Morgan fingerprint density at radius 2 is 1.73 bits per heavy atom. The Kier molecular flexibility index (Phi) is 2.69. The first-order valence-corrected chi connectivity index (χ1v) is 4.67. The molecule has 0 atom stereocenters. The monoisotopic (exact) mass is 154 g/mol. The van der Waals surface area contributed by atoms with Gasteiger partial charge >= 0.3 is 0 Å². The third-order valence-corrected chi connectivity index (χ3v) is 3.17. The highest BCUT2D eigenvalue weighted by atomic mass is 16.1. The van der Waals surface area contributed by atoms with Gasteiger partial charge in [0.2, 0.25) is 0 Å². The van der Waals surface area contributed by atoms with Crippen LogP contribution in [0.2, 0.25) is 0 Å². The summed E-state index contributed by atoms with van der Waals surface area (Å²) >= 11 is 0. The molecule has 11 heavy (non-hydrogen) atoms. The maximum absolute atomic E-state index is 10.9. The van der Waals surface area contributed by atoms with Gasteiger partial charge < -0.3 is 4.79 Å². The van der Waals surface area contributed by atoms with Gasteiger partial charge in [0.15, 0.2) is 0 Å². The van der Waals surface area contributed by atoms with Gasteiger partial charge in [0, 0.05) is 5.41 Å². The molecule has 0 amide bonds. The first-order chi connectivity index (χ1) is 5.21. The van der Waals surface area contributed by atoms with E-state index in [4.69, 9.17) is 0 Å². The van der Waals surface area contributed by atoms with Crippen LogP contribution < -0.4 is 0 Å². The Morgan fingerprint density at radius 3 is 2.00 bits per heavy atom. The summed E-state index contributed by atoms with van der Waals surface area (Å²) in [7, 11) is 0. The number of hydrogen-bond acceptors (Lipinski definition) is 1. The summed E-state index contributed by atoms with van der Waals surface area (Å²) in [5, 5.41) is 0. The van der Waals surface area contributed by atoms with E-state index in [1.807, 2.05) is 0 Å². The van der Waals surface area contributed by atoms with Gasteiger partial charge in [-0.3, -0.25) is 0 Å². The molecule has 0 spiro atoms. The zero-order chi connectivity index (χ0) is 8.32. The van der Waals surface area contributed by atoms with Gasteiger partial charge in [-0.15, -0.1) is 0 Å². The van der Waals surface area contributed by atoms with E-state index >= 15 is 0 Å². The normalized spacial score (nSPS) is 23.5.